The van der Waals surface area contributed by atoms with Gasteiger partial charge in [-0.1, -0.05) is 30.3 Å². The van der Waals surface area contributed by atoms with E-state index in [-0.39, 0.29) is 11.9 Å². The molecular weight excluding hydrogens is 250 g/mol. The predicted molar refractivity (Wildman–Crippen MR) is 79.6 cm³/mol. The summed E-state index contributed by atoms with van der Waals surface area (Å²) in [7, 11) is 0. The van der Waals surface area contributed by atoms with E-state index in [4.69, 9.17) is 0 Å². The van der Waals surface area contributed by atoms with Crippen molar-refractivity contribution in [2.45, 2.75) is 18.9 Å². The van der Waals surface area contributed by atoms with Crippen molar-refractivity contribution in [3.05, 3.63) is 48.2 Å². The Morgan fingerprint density at radius 3 is 2.75 bits per heavy atom. The number of hydrogen-bond donors (Lipinski definition) is 3. The molecule has 0 unspecified atom stereocenters. The number of aromatic nitrogens is 1. The summed E-state index contributed by atoms with van der Waals surface area (Å²) in [5.41, 5.74) is 2.68. The number of hydrogen-bond acceptors (Lipinski definition) is 2. The van der Waals surface area contributed by atoms with Crippen molar-refractivity contribution in [3.8, 4) is 11.3 Å². The topological polar surface area (TPSA) is 56.9 Å². The maximum Gasteiger partial charge on any atom is 0.267 e. The van der Waals surface area contributed by atoms with Crippen LogP contribution in [0.4, 0.5) is 0 Å². The maximum atomic E-state index is 12.2. The van der Waals surface area contributed by atoms with Gasteiger partial charge in [0, 0.05) is 18.3 Å². The van der Waals surface area contributed by atoms with Crippen molar-refractivity contribution < 1.29 is 4.79 Å². The van der Waals surface area contributed by atoms with Crippen LogP contribution in [-0.2, 0) is 0 Å². The van der Waals surface area contributed by atoms with E-state index in [1.54, 1.807) is 0 Å². The Hall–Kier alpha value is -2.07. The molecule has 3 N–H and O–H groups in total. The van der Waals surface area contributed by atoms with Gasteiger partial charge in [0.05, 0.1) is 0 Å². The molecule has 0 saturated carbocycles. The van der Waals surface area contributed by atoms with Crippen LogP contribution in [0, 0.1) is 0 Å². The van der Waals surface area contributed by atoms with Crippen molar-refractivity contribution >= 4 is 5.91 Å². The molecule has 0 radical (unpaired) electrons. The van der Waals surface area contributed by atoms with Crippen molar-refractivity contribution in [2.24, 2.45) is 0 Å². The van der Waals surface area contributed by atoms with Gasteiger partial charge < -0.3 is 15.6 Å². The van der Waals surface area contributed by atoms with Crippen LogP contribution >= 0.6 is 0 Å². The molecule has 1 aromatic heterocycles. The summed E-state index contributed by atoms with van der Waals surface area (Å²) in [6, 6.07) is 14.0. The molecule has 0 bridgehead atoms. The Balaban J connectivity index is 1.68. The van der Waals surface area contributed by atoms with E-state index in [9.17, 15) is 4.79 Å². The number of piperidine rings is 1. The third-order valence-electron chi connectivity index (χ3n) is 3.65. The molecule has 2 heterocycles. The van der Waals surface area contributed by atoms with Crippen molar-refractivity contribution in [3.63, 3.8) is 0 Å². The van der Waals surface area contributed by atoms with Crippen LogP contribution in [0.1, 0.15) is 23.3 Å². The first kappa shape index (κ1) is 12.9. The lowest BCUT2D eigenvalue weighted by molar-refractivity contribution is 0.0926. The Bertz CT molecular complexity index is 570. The predicted octanol–water partition coefficient (Wildman–Crippen LogP) is 2.16. The molecular formula is C16H19N3O. The Labute approximate surface area is 118 Å². The molecule has 0 spiro atoms. The number of carbonyl (C=O) groups is 1. The molecule has 1 saturated heterocycles. The minimum Gasteiger partial charge on any atom is -0.351 e. The summed E-state index contributed by atoms with van der Waals surface area (Å²) in [6.07, 6.45) is 2.16. The zero-order chi connectivity index (χ0) is 13.8. The lowest BCUT2D eigenvalue weighted by Crippen LogP contribution is -2.45. The average molecular weight is 269 g/mol. The third-order valence-corrected chi connectivity index (χ3v) is 3.65. The van der Waals surface area contributed by atoms with Crippen LogP contribution < -0.4 is 10.6 Å². The van der Waals surface area contributed by atoms with Crippen molar-refractivity contribution in [1.82, 2.24) is 15.6 Å². The number of aromatic amines is 1. The minimum atomic E-state index is -0.0270. The second kappa shape index (κ2) is 5.92. The van der Waals surface area contributed by atoms with E-state index in [1.807, 2.05) is 42.5 Å². The standard InChI is InChI=1S/C16H19N3O/c20-16(18-13-7-4-10-17-11-13)15-9-8-14(19-15)12-5-2-1-3-6-12/h1-3,5-6,8-9,13,17,19H,4,7,10-11H2,(H,18,20)/t13-/m0/s1. The molecule has 4 heteroatoms. The molecule has 1 aromatic carbocycles. The molecule has 104 valence electrons. The fourth-order valence-electron chi connectivity index (χ4n) is 2.55. The summed E-state index contributed by atoms with van der Waals surface area (Å²) in [4.78, 5) is 15.4. The van der Waals surface area contributed by atoms with E-state index >= 15 is 0 Å². The van der Waals surface area contributed by atoms with Gasteiger partial charge in [-0.2, -0.15) is 0 Å². The molecule has 1 atom stereocenters. The highest BCUT2D eigenvalue weighted by Gasteiger charge is 2.17. The van der Waals surface area contributed by atoms with Gasteiger partial charge in [0.25, 0.3) is 5.91 Å². The lowest BCUT2D eigenvalue weighted by Gasteiger charge is -2.23. The van der Waals surface area contributed by atoms with Gasteiger partial charge in [-0.3, -0.25) is 4.79 Å². The summed E-state index contributed by atoms with van der Waals surface area (Å²) < 4.78 is 0. The summed E-state index contributed by atoms with van der Waals surface area (Å²) in [5, 5.41) is 6.37. The Morgan fingerprint density at radius 1 is 1.15 bits per heavy atom. The zero-order valence-corrected chi connectivity index (χ0v) is 11.4. The lowest BCUT2D eigenvalue weighted by atomic mass is 10.1. The summed E-state index contributed by atoms with van der Waals surface area (Å²) >= 11 is 0. The highest BCUT2D eigenvalue weighted by molar-refractivity contribution is 5.93. The van der Waals surface area contributed by atoms with Gasteiger partial charge in [-0.15, -0.1) is 0 Å². The van der Waals surface area contributed by atoms with Crippen LogP contribution in [0.5, 0.6) is 0 Å². The number of nitrogens with one attached hydrogen (secondary N) is 3. The molecule has 1 aliphatic rings. The van der Waals surface area contributed by atoms with Crippen molar-refractivity contribution in [1.29, 1.82) is 0 Å². The number of carbonyl (C=O) groups excluding carboxylic acids is 1. The summed E-state index contributed by atoms with van der Waals surface area (Å²) in [6.45, 7) is 1.91. The van der Waals surface area contributed by atoms with Gasteiger partial charge in [-0.05, 0) is 37.1 Å². The smallest absolute Gasteiger partial charge is 0.267 e. The van der Waals surface area contributed by atoms with Crippen molar-refractivity contribution in [2.75, 3.05) is 13.1 Å². The van der Waals surface area contributed by atoms with Gasteiger partial charge in [0.2, 0.25) is 0 Å². The Morgan fingerprint density at radius 2 is 2.00 bits per heavy atom. The second-order valence-corrected chi connectivity index (χ2v) is 5.17. The first-order chi connectivity index (χ1) is 9.83. The van der Waals surface area contributed by atoms with Crippen LogP contribution in [-0.4, -0.2) is 30.0 Å². The molecule has 4 nitrogen and oxygen atoms in total. The number of rotatable bonds is 3. The van der Waals surface area contributed by atoms with Gasteiger partial charge in [0.15, 0.2) is 0 Å². The summed E-state index contributed by atoms with van der Waals surface area (Å²) in [5.74, 6) is -0.0270. The van der Waals surface area contributed by atoms with Crippen LogP contribution in [0.2, 0.25) is 0 Å². The maximum absolute atomic E-state index is 12.2. The molecule has 1 amide bonds. The molecule has 1 aliphatic heterocycles. The van der Waals surface area contributed by atoms with Crippen LogP contribution in [0.3, 0.4) is 0 Å². The second-order valence-electron chi connectivity index (χ2n) is 5.17. The molecule has 2 aromatic rings. The van der Waals surface area contributed by atoms with E-state index < -0.39 is 0 Å². The van der Waals surface area contributed by atoms with E-state index in [1.165, 1.54) is 0 Å². The first-order valence-electron chi connectivity index (χ1n) is 7.09. The van der Waals surface area contributed by atoms with E-state index in [0.717, 1.165) is 37.2 Å². The largest absolute Gasteiger partial charge is 0.351 e. The number of amides is 1. The van der Waals surface area contributed by atoms with Gasteiger partial charge in [0.1, 0.15) is 5.69 Å². The molecule has 0 aliphatic carbocycles. The quantitative estimate of drug-likeness (QED) is 0.800. The monoisotopic (exact) mass is 269 g/mol. The highest BCUT2D eigenvalue weighted by atomic mass is 16.1. The third kappa shape index (κ3) is 2.91. The fourth-order valence-corrected chi connectivity index (χ4v) is 2.55. The zero-order valence-electron chi connectivity index (χ0n) is 11.4. The van der Waals surface area contributed by atoms with Gasteiger partial charge in [-0.25, -0.2) is 0 Å². The molecule has 1 fully saturated rings. The van der Waals surface area contributed by atoms with Gasteiger partial charge >= 0.3 is 0 Å². The minimum absolute atomic E-state index is 0.0270. The molecule has 20 heavy (non-hydrogen) atoms. The Kier molecular flexibility index (Phi) is 3.83. The highest BCUT2D eigenvalue weighted by Crippen LogP contribution is 2.18. The molecule has 3 rings (SSSR count). The SMILES string of the molecule is O=C(N[C@H]1CCCNC1)c1ccc(-c2ccccc2)[nH]1. The normalized spacial score (nSPS) is 18.7. The van der Waals surface area contributed by atoms with Crippen LogP contribution in [0.25, 0.3) is 11.3 Å². The number of benzene rings is 1. The average Bonchev–Trinajstić information content (AvgIpc) is 2.99. The van der Waals surface area contributed by atoms with E-state index in [2.05, 4.69) is 15.6 Å². The number of H-pyrrole nitrogens is 1. The van der Waals surface area contributed by atoms with Crippen LogP contribution in [0.15, 0.2) is 42.5 Å². The first-order valence-corrected chi connectivity index (χ1v) is 7.09. The fraction of sp³-hybridized carbons (Fsp3) is 0.312. The van der Waals surface area contributed by atoms with E-state index in [0.29, 0.717) is 5.69 Å².